The fourth-order valence-electron chi connectivity index (χ4n) is 3.28. The number of benzene rings is 2. The lowest BCUT2D eigenvalue weighted by molar-refractivity contribution is 0.834. The Labute approximate surface area is 158 Å². The zero-order chi connectivity index (χ0) is 18.6. The van der Waals surface area contributed by atoms with Gasteiger partial charge in [-0.05, 0) is 42.0 Å². The molecule has 1 unspecified atom stereocenters. The number of anilines is 2. The minimum Gasteiger partial charge on any atom is -0.399 e. The van der Waals surface area contributed by atoms with Crippen molar-refractivity contribution in [3.63, 3.8) is 0 Å². The van der Waals surface area contributed by atoms with Crippen LogP contribution in [0, 0.1) is 11.3 Å². The summed E-state index contributed by atoms with van der Waals surface area (Å²) in [5.41, 5.74) is 11.2. The lowest BCUT2D eigenvalue weighted by atomic mass is 9.95. The summed E-state index contributed by atoms with van der Waals surface area (Å²) in [4.78, 5) is 6.59. The second-order valence-electron chi connectivity index (χ2n) is 6.30. The first kappa shape index (κ1) is 16.6. The monoisotopic (exact) mass is 350 g/mol. The van der Waals surface area contributed by atoms with Crippen molar-refractivity contribution in [1.82, 2.24) is 4.98 Å². The van der Waals surface area contributed by atoms with Crippen LogP contribution in [0.25, 0.3) is 5.57 Å². The molecule has 0 fully saturated rings. The van der Waals surface area contributed by atoms with E-state index in [1.54, 1.807) is 6.20 Å². The highest BCUT2D eigenvalue weighted by atomic mass is 15.1. The van der Waals surface area contributed by atoms with Crippen LogP contribution >= 0.6 is 0 Å². The molecule has 2 N–H and O–H groups in total. The van der Waals surface area contributed by atoms with Gasteiger partial charge < -0.3 is 10.6 Å². The molecule has 27 heavy (non-hydrogen) atoms. The van der Waals surface area contributed by atoms with Gasteiger partial charge >= 0.3 is 0 Å². The van der Waals surface area contributed by atoms with Gasteiger partial charge in [0.25, 0.3) is 0 Å². The standard InChI is InChI=1S/C23H18N4/c24-15-17-6-1-2-9-21(17)23-12-11-18(22-10-3-4-13-26-22)16-27(23)20-8-5-7-19(25)14-20/h1-14,16,23H,25H2. The minimum atomic E-state index is -0.102. The first-order chi connectivity index (χ1) is 13.3. The number of allylic oxidation sites excluding steroid dienone is 2. The molecule has 1 aromatic heterocycles. The highest BCUT2D eigenvalue weighted by molar-refractivity contribution is 5.78. The Morgan fingerprint density at radius 3 is 2.63 bits per heavy atom. The largest absolute Gasteiger partial charge is 0.399 e. The normalized spacial score (nSPS) is 15.9. The van der Waals surface area contributed by atoms with Crippen molar-refractivity contribution in [3.8, 4) is 6.07 Å². The van der Waals surface area contributed by atoms with Gasteiger partial charge in [0.15, 0.2) is 0 Å². The van der Waals surface area contributed by atoms with Crippen molar-refractivity contribution in [3.05, 3.63) is 108 Å². The van der Waals surface area contributed by atoms with E-state index in [1.807, 2.05) is 66.7 Å². The molecule has 130 valence electrons. The third kappa shape index (κ3) is 3.31. The van der Waals surface area contributed by atoms with Crippen molar-refractivity contribution < 1.29 is 0 Å². The SMILES string of the molecule is N#Cc1ccccc1C1C=CC(c2ccccn2)=CN1c1cccc(N)c1. The van der Waals surface area contributed by atoms with Crippen LogP contribution in [0.1, 0.15) is 22.9 Å². The molecule has 1 aliphatic rings. The van der Waals surface area contributed by atoms with Gasteiger partial charge in [-0.2, -0.15) is 5.26 Å². The Kier molecular flexibility index (Phi) is 4.42. The predicted molar refractivity (Wildman–Crippen MR) is 109 cm³/mol. The lowest BCUT2D eigenvalue weighted by Crippen LogP contribution is -2.25. The van der Waals surface area contributed by atoms with Gasteiger partial charge in [0, 0.05) is 29.3 Å². The van der Waals surface area contributed by atoms with Gasteiger partial charge in [0.05, 0.1) is 23.4 Å². The van der Waals surface area contributed by atoms with Gasteiger partial charge in [0.2, 0.25) is 0 Å². The molecule has 4 heteroatoms. The van der Waals surface area contributed by atoms with E-state index < -0.39 is 0 Å². The van der Waals surface area contributed by atoms with E-state index in [1.165, 1.54) is 0 Å². The molecule has 0 amide bonds. The number of aromatic nitrogens is 1. The first-order valence-corrected chi connectivity index (χ1v) is 8.70. The van der Waals surface area contributed by atoms with Crippen LogP contribution in [-0.2, 0) is 0 Å². The minimum absolute atomic E-state index is 0.102. The van der Waals surface area contributed by atoms with Crippen LogP contribution in [0.15, 0.2) is 91.3 Å². The van der Waals surface area contributed by atoms with Crippen LogP contribution in [-0.4, -0.2) is 4.98 Å². The predicted octanol–water partition coefficient (Wildman–Crippen LogP) is 4.69. The van der Waals surface area contributed by atoms with Crippen LogP contribution in [0.2, 0.25) is 0 Å². The lowest BCUT2D eigenvalue weighted by Gasteiger charge is -2.33. The number of pyridine rings is 1. The van der Waals surface area contributed by atoms with Crippen LogP contribution in [0.5, 0.6) is 0 Å². The molecule has 1 atom stereocenters. The summed E-state index contributed by atoms with van der Waals surface area (Å²) in [5.74, 6) is 0. The highest BCUT2D eigenvalue weighted by Crippen LogP contribution is 2.36. The number of hydrogen-bond acceptors (Lipinski definition) is 4. The Balaban J connectivity index is 1.84. The fourth-order valence-corrected chi connectivity index (χ4v) is 3.28. The Hall–Kier alpha value is -3.84. The van der Waals surface area contributed by atoms with Gasteiger partial charge in [-0.1, -0.05) is 42.5 Å². The molecule has 0 radical (unpaired) electrons. The zero-order valence-electron chi connectivity index (χ0n) is 14.7. The van der Waals surface area contributed by atoms with Crippen molar-refractivity contribution in [2.75, 3.05) is 10.6 Å². The molecule has 1 aliphatic heterocycles. The molecule has 0 bridgehead atoms. The summed E-state index contributed by atoms with van der Waals surface area (Å²) in [6.07, 6.45) is 8.01. The number of rotatable bonds is 3. The zero-order valence-corrected chi connectivity index (χ0v) is 14.7. The van der Waals surface area contributed by atoms with E-state index in [4.69, 9.17) is 5.73 Å². The van der Waals surface area contributed by atoms with Crippen molar-refractivity contribution >= 4 is 16.9 Å². The van der Waals surface area contributed by atoms with Crippen molar-refractivity contribution in [2.45, 2.75) is 6.04 Å². The topological polar surface area (TPSA) is 65.9 Å². The van der Waals surface area contributed by atoms with Crippen molar-refractivity contribution in [1.29, 1.82) is 5.26 Å². The molecule has 0 aliphatic carbocycles. The van der Waals surface area contributed by atoms with E-state index in [-0.39, 0.29) is 6.04 Å². The third-order valence-electron chi connectivity index (χ3n) is 4.56. The summed E-state index contributed by atoms with van der Waals surface area (Å²) in [6.45, 7) is 0. The molecule has 0 spiro atoms. The molecule has 3 aromatic rings. The quantitative estimate of drug-likeness (QED) is 0.696. The summed E-state index contributed by atoms with van der Waals surface area (Å²) >= 11 is 0. The van der Waals surface area contributed by atoms with Gasteiger partial charge in [-0.25, -0.2) is 0 Å². The first-order valence-electron chi connectivity index (χ1n) is 8.70. The van der Waals surface area contributed by atoms with E-state index in [0.717, 1.165) is 22.5 Å². The molecule has 4 rings (SSSR count). The van der Waals surface area contributed by atoms with Crippen molar-refractivity contribution in [2.24, 2.45) is 0 Å². The van der Waals surface area contributed by atoms with E-state index in [9.17, 15) is 5.26 Å². The van der Waals surface area contributed by atoms with Gasteiger partial charge in [-0.15, -0.1) is 0 Å². The highest BCUT2D eigenvalue weighted by Gasteiger charge is 2.23. The summed E-state index contributed by atoms with van der Waals surface area (Å²) < 4.78 is 0. The molecule has 2 aromatic carbocycles. The number of nitrogen functional groups attached to an aromatic ring is 1. The smallest absolute Gasteiger partial charge is 0.0995 e. The number of nitrogens with two attached hydrogens (primary N) is 1. The molecule has 0 saturated heterocycles. The molecular weight excluding hydrogens is 332 g/mol. The second kappa shape index (κ2) is 7.19. The fraction of sp³-hybridized carbons (Fsp3) is 0.0435. The van der Waals surface area contributed by atoms with Gasteiger partial charge in [-0.3, -0.25) is 4.98 Å². The van der Waals surface area contributed by atoms with E-state index in [2.05, 4.69) is 34.3 Å². The number of nitriles is 1. The van der Waals surface area contributed by atoms with Crippen LogP contribution in [0.4, 0.5) is 11.4 Å². The third-order valence-corrected chi connectivity index (χ3v) is 4.56. The average Bonchev–Trinajstić information content (AvgIpc) is 2.74. The number of hydrogen-bond donors (Lipinski definition) is 1. The van der Waals surface area contributed by atoms with Gasteiger partial charge in [0.1, 0.15) is 0 Å². The molecule has 4 nitrogen and oxygen atoms in total. The Morgan fingerprint density at radius 2 is 1.85 bits per heavy atom. The molecule has 0 saturated carbocycles. The summed E-state index contributed by atoms with van der Waals surface area (Å²) in [6, 6.07) is 23.5. The number of nitrogens with zero attached hydrogens (tertiary/aromatic N) is 3. The molecule has 2 heterocycles. The summed E-state index contributed by atoms with van der Waals surface area (Å²) in [5, 5.41) is 9.54. The van der Waals surface area contributed by atoms with Crippen LogP contribution < -0.4 is 10.6 Å². The van der Waals surface area contributed by atoms with E-state index >= 15 is 0 Å². The maximum atomic E-state index is 9.54. The molecular formula is C23H18N4. The van der Waals surface area contributed by atoms with Crippen LogP contribution in [0.3, 0.4) is 0 Å². The van der Waals surface area contributed by atoms with E-state index in [0.29, 0.717) is 11.3 Å². The average molecular weight is 350 g/mol. The maximum Gasteiger partial charge on any atom is 0.0995 e. The Bertz CT molecular complexity index is 1060. The second-order valence-corrected chi connectivity index (χ2v) is 6.30. The Morgan fingerprint density at radius 1 is 1.00 bits per heavy atom. The maximum absolute atomic E-state index is 9.54. The summed E-state index contributed by atoms with van der Waals surface area (Å²) in [7, 11) is 0.